The number of rotatable bonds is 6. The third-order valence-corrected chi connectivity index (χ3v) is 2.34. The lowest BCUT2D eigenvalue weighted by molar-refractivity contribution is 0.185. The van der Waals surface area contributed by atoms with Crippen molar-refractivity contribution in [2.24, 2.45) is 10.7 Å². The van der Waals surface area contributed by atoms with Crippen molar-refractivity contribution in [1.82, 2.24) is 5.32 Å². The zero-order valence-electron chi connectivity index (χ0n) is 11.1. The van der Waals surface area contributed by atoms with Crippen molar-refractivity contribution < 1.29 is 4.74 Å². The van der Waals surface area contributed by atoms with Crippen LogP contribution in [0, 0.1) is 0 Å². The van der Waals surface area contributed by atoms with Crippen LogP contribution in [-0.2, 0) is 17.9 Å². The van der Waals surface area contributed by atoms with E-state index in [4.69, 9.17) is 10.5 Å². The van der Waals surface area contributed by atoms with Gasteiger partial charge in [0, 0.05) is 13.7 Å². The predicted molar refractivity (Wildman–Crippen MR) is 75.3 cm³/mol. The smallest absolute Gasteiger partial charge is 0.189 e. The van der Waals surface area contributed by atoms with Crippen LogP contribution in [0.15, 0.2) is 41.4 Å². The van der Waals surface area contributed by atoms with Gasteiger partial charge in [-0.1, -0.05) is 36.4 Å². The van der Waals surface area contributed by atoms with Gasteiger partial charge in [0.15, 0.2) is 5.96 Å². The van der Waals surface area contributed by atoms with Gasteiger partial charge in [-0.15, -0.1) is 0 Å². The van der Waals surface area contributed by atoms with E-state index in [1.165, 1.54) is 0 Å². The maximum Gasteiger partial charge on any atom is 0.189 e. The number of methoxy groups -OCH3 is 1. The van der Waals surface area contributed by atoms with Gasteiger partial charge in [-0.3, -0.25) is 0 Å². The van der Waals surface area contributed by atoms with E-state index in [1.54, 1.807) is 7.11 Å². The number of ether oxygens (including phenoxy) is 1. The van der Waals surface area contributed by atoms with Gasteiger partial charge in [0.05, 0.1) is 13.2 Å². The molecule has 0 aromatic heterocycles. The summed E-state index contributed by atoms with van der Waals surface area (Å²) in [5.74, 6) is 0.443. The highest BCUT2D eigenvalue weighted by Gasteiger charge is 1.95. The highest BCUT2D eigenvalue weighted by Crippen LogP contribution is 2.06. The third kappa shape index (κ3) is 5.50. The SMILES string of the molecule is C=C(C)CNC(N)=NCc1ccc(COC)cc1. The van der Waals surface area contributed by atoms with Crippen molar-refractivity contribution in [3.63, 3.8) is 0 Å². The van der Waals surface area contributed by atoms with Gasteiger partial charge < -0.3 is 15.8 Å². The van der Waals surface area contributed by atoms with Gasteiger partial charge >= 0.3 is 0 Å². The first kappa shape index (κ1) is 14.3. The number of nitrogens with one attached hydrogen (secondary N) is 1. The molecule has 0 aliphatic heterocycles. The second-order valence-electron chi connectivity index (χ2n) is 4.26. The van der Waals surface area contributed by atoms with Gasteiger partial charge in [0.25, 0.3) is 0 Å². The summed E-state index contributed by atoms with van der Waals surface area (Å²) in [6.07, 6.45) is 0. The number of aliphatic imine (C=N–C) groups is 1. The fraction of sp³-hybridized carbons (Fsp3) is 0.357. The summed E-state index contributed by atoms with van der Waals surface area (Å²) in [4.78, 5) is 4.25. The Labute approximate surface area is 109 Å². The van der Waals surface area contributed by atoms with Crippen LogP contribution in [0.3, 0.4) is 0 Å². The summed E-state index contributed by atoms with van der Waals surface area (Å²) in [6.45, 7) is 7.58. The fourth-order valence-corrected chi connectivity index (χ4v) is 1.38. The molecule has 0 bridgehead atoms. The van der Waals surface area contributed by atoms with E-state index in [0.29, 0.717) is 25.7 Å². The summed E-state index contributed by atoms with van der Waals surface area (Å²) >= 11 is 0. The number of nitrogens with zero attached hydrogens (tertiary/aromatic N) is 1. The Balaban J connectivity index is 2.46. The molecule has 0 heterocycles. The Morgan fingerprint density at radius 2 is 1.94 bits per heavy atom. The molecule has 0 aliphatic rings. The monoisotopic (exact) mass is 247 g/mol. The Kier molecular flexibility index (Phi) is 5.94. The molecule has 0 saturated heterocycles. The predicted octanol–water partition coefficient (Wildman–Crippen LogP) is 1.81. The molecule has 0 aliphatic carbocycles. The van der Waals surface area contributed by atoms with Gasteiger partial charge in [0.2, 0.25) is 0 Å². The topological polar surface area (TPSA) is 59.6 Å². The van der Waals surface area contributed by atoms with E-state index >= 15 is 0 Å². The Morgan fingerprint density at radius 1 is 1.33 bits per heavy atom. The van der Waals surface area contributed by atoms with Crippen molar-refractivity contribution in [3.8, 4) is 0 Å². The number of benzene rings is 1. The molecular formula is C14H21N3O. The average molecular weight is 247 g/mol. The number of nitrogens with two attached hydrogens (primary N) is 1. The molecule has 0 radical (unpaired) electrons. The minimum absolute atomic E-state index is 0.443. The van der Waals surface area contributed by atoms with Crippen molar-refractivity contribution in [1.29, 1.82) is 0 Å². The fourth-order valence-electron chi connectivity index (χ4n) is 1.38. The molecule has 0 spiro atoms. The first-order chi connectivity index (χ1) is 8.61. The van der Waals surface area contributed by atoms with E-state index in [9.17, 15) is 0 Å². The van der Waals surface area contributed by atoms with Crippen molar-refractivity contribution in [3.05, 3.63) is 47.5 Å². The molecule has 0 unspecified atom stereocenters. The van der Waals surface area contributed by atoms with Gasteiger partial charge in [0.1, 0.15) is 0 Å². The largest absolute Gasteiger partial charge is 0.380 e. The van der Waals surface area contributed by atoms with Crippen LogP contribution in [0.4, 0.5) is 0 Å². The van der Waals surface area contributed by atoms with Crippen molar-refractivity contribution in [2.45, 2.75) is 20.1 Å². The number of hydrogen-bond acceptors (Lipinski definition) is 2. The normalized spacial score (nSPS) is 11.3. The molecule has 0 saturated carbocycles. The Bertz CT molecular complexity index is 410. The van der Waals surface area contributed by atoms with E-state index < -0.39 is 0 Å². The van der Waals surface area contributed by atoms with Crippen molar-refractivity contribution >= 4 is 5.96 Å². The average Bonchev–Trinajstić information content (AvgIpc) is 2.36. The maximum absolute atomic E-state index is 5.73. The molecule has 1 aromatic rings. The minimum atomic E-state index is 0.443. The minimum Gasteiger partial charge on any atom is -0.380 e. The second kappa shape index (κ2) is 7.50. The van der Waals surface area contributed by atoms with E-state index in [1.807, 2.05) is 31.2 Å². The Morgan fingerprint density at radius 3 is 2.50 bits per heavy atom. The van der Waals surface area contributed by atoms with E-state index in [2.05, 4.69) is 16.9 Å². The zero-order chi connectivity index (χ0) is 13.4. The molecule has 3 N–H and O–H groups in total. The first-order valence-electron chi connectivity index (χ1n) is 5.86. The van der Waals surface area contributed by atoms with Crippen LogP contribution in [-0.4, -0.2) is 19.6 Å². The van der Waals surface area contributed by atoms with Gasteiger partial charge in [-0.2, -0.15) is 0 Å². The molecule has 0 fully saturated rings. The highest BCUT2D eigenvalue weighted by molar-refractivity contribution is 5.78. The van der Waals surface area contributed by atoms with Crippen LogP contribution in [0.5, 0.6) is 0 Å². The highest BCUT2D eigenvalue weighted by atomic mass is 16.5. The molecule has 4 heteroatoms. The summed E-state index contributed by atoms with van der Waals surface area (Å²) in [6, 6.07) is 8.13. The molecule has 98 valence electrons. The number of hydrogen-bond donors (Lipinski definition) is 2. The lowest BCUT2D eigenvalue weighted by Gasteiger charge is -2.05. The first-order valence-corrected chi connectivity index (χ1v) is 5.86. The van der Waals surface area contributed by atoms with E-state index in [0.717, 1.165) is 16.7 Å². The van der Waals surface area contributed by atoms with Crippen LogP contribution < -0.4 is 11.1 Å². The molecule has 1 rings (SSSR count). The molecule has 0 atom stereocenters. The molecule has 1 aromatic carbocycles. The van der Waals surface area contributed by atoms with Crippen LogP contribution in [0.25, 0.3) is 0 Å². The molecule has 0 amide bonds. The summed E-state index contributed by atoms with van der Waals surface area (Å²) < 4.78 is 5.05. The van der Waals surface area contributed by atoms with Gasteiger partial charge in [-0.25, -0.2) is 4.99 Å². The van der Waals surface area contributed by atoms with Crippen molar-refractivity contribution in [2.75, 3.05) is 13.7 Å². The third-order valence-electron chi connectivity index (χ3n) is 2.34. The lowest BCUT2D eigenvalue weighted by atomic mass is 10.1. The number of guanidine groups is 1. The zero-order valence-corrected chi connectivity index (χ0v) is 11.1. The lowest BCUT2D eigenvalue weighted by Crippen LogP contribution is -2.32. The van der Waals surface area contributed by atoms with Crippen LogP contribution in [0.2, 0.25) is 0 Å². The molecular weight excluding hydrogens is 226 g/mol. The quantitative estimate of drug-likeness (QED) is 0.458. The second-order valence-corrected chi connectivity index (χ2v) is 4.26. The van der Waals surface area contributed by atoms with E-state index in [-0.39, 0.29) is 0 Å². The van der Waals surface area contributed by atoms with Crippen LogP contribution >= 0.6 is 0 Å². The maximum atomic E-state index is 5.73. The summed E-state index contributed by atoms with van der Waals surface area (Å²) in [5.41, 5.74) is 9.02. The summed E-state index contributed by atoms with van der Waals surface area (Å²) in [5, 5.41) is 2.99. The molecule has 18 heavy (non-hydrogen) atoms. The standard InChI is InChI=1S/C14H21N3O/c1-11(2)8-16-14(15)17-9-12-4-6-13(7-5-12)10-18-3/h4-7H,1,8-10H2,2-3H3,(H3,15,16,17). The molecule has 4 nitrogen and oxygen atoms in total. The van der Waals surface area contributed by atoms with Gasteiger partial charge in [-0.05, 0) is 18.1 Å². The van der Waals surface area contributed by atoms with Crippen LogP contribution in [0.1, 0.15) is 18.1 Å². The summed E-state index contributed by atoms with van der Waals surface area (Å²) in [7, 11) is 1.69. The Hall–Kier alpha value is -1.81.